The Hall–Kier alpha value is -2.16. The van der Waals surface area contributed by atoms with Gasteiger partial charge in [0.05, 0.1) is 11.5 Å². The van der Waals surface area contributed by atoms with Crippen LogP contribution in [0.1, 0.15) is 34.8 Å². The predicted molar refractivity (Wildman–Crippen MR) is 74.2 cm³/mol. The summed E-state index contributed by atoms with van der Waals surface area (Å²) in [4.78, 5) is 16.1. The van der Waals surface area contributed by atoms with Crippen LogP contribution >= 0.6 is 0 Å². The Morgan fingerprint density at radius 2 is 2.05 bits per heavy atom. The van der Waals surface area contributed by atoms with Crippen molar-refractivity contribution in [3.05, 3.63) is 53.7 Å². The van der Waals surface area contributed by atoms with Gasteiger partial charge < -0.3 is 9.90 Å². The highest BCUT2D eigenvalue weighted by Crippen LogP contribution is 2.48. The molecule has 2 bridgehead atoms. The monoisotopic (exact) mass is 264 g/mol. The van der Waals surface area contributed by atoms with Gasteiger partial charge in [0.2, 0.25) is 0 Å². The van der Waals surface area contributed by atoms with Crippen LogP contribution in [0.25, 0.3) is 10.9 Å². The second kappa shape index (κ2) is 4.17. The van der Waals surface area contributed by atoms with Crippen molar-refractivity contribution in [3.63, 3.8) is 0 Å². The highest BCUT2D eigenvalue weighted by atomic mass is 16.4. The molecule has 1 aromatic heterocycles. The minimum Gasteiger partial charge on any atom is -0.545 e. The zero-order valence-corrected chi connectivity index (χ0v) is 11.0. The minimum absolute atomic E-state index is 0.261. The zero-order valence-electron chi connectivity index (χ0n) is 11.0. The first kappa shape index (κ1) is 11.6. The normalized spacial score (nSPS) is 27.3. The van der Waals surface area contributed by atoms with Crippen molar-refractivity contribution in [2.45, 2.75) is 18.8 Å². The highest BCUT2D eigenvalue weighted by molar-refractivity contribution is 6.01. The largest absolute Gasteiger partial charge is 0.545 e. The molecule has 2 aromatic rings. The molecule has 3 heteroatoms. The molecule has 0 spiro atoms. The predicted octanol–water partition coefficient (Wildman–Crippen LogP) is 2.28. The lowest BCUT2D eigenvalue weighted by Gasteiger charge is -2.19. The first-order chi connectivity index (χ1) is 9.72. The van der Waals surface area contributed by atoms with Crippen molar-refractivity contribution >= 4 is 16.9 Å². The zero-order chi connectivity index (χ0) is 13.7. The summed E-state index contributed by atoms with van der Waals surface area (Å²) in [7, 11) is 0. The van der Waals surface area contributed by atoms with E-state index in [9.17, 15) is 9.90 Å². The van der Waals surface area contributed by atoms with Crippen LogP contribution in [0, 0.1) is 11.8 Å². The number of nitrogens with zero attached hydrogens (tertiary/aromatic N) is 1. The van der Waals surface area contributed by atoms with Gasteiger partial charge in [0.25, 0.3) is 0 Å². The summed E-state index contributed by atoms with van der Waals surface area (Å²) >= 11 is 0. The van der Waals surface area contributed by atoms with Gasteiger partial charge in [0.1, 0.15) is 0 Å². The van der Waals surface area contributed by atoms with Crippen molar-refractivity contribution in [2.24, 2.45) is 11.8 Å². The van der Waals surface area contributed by atoms with Gasteiger partial charge in [-0.2, -0.15) is 0 Å². The molecule has 1 saturated carbocycles. The van der Waals surface area contributed by atoms with Crippen LogP contribution in [0.15, 0.2) is 42.5 Å². The van der Waals surface area contributed by atoms with Gasteiger partial charge in [-0.3, -0.25) is 4.98 Å². The topological polar surface area (TPSA) is 53.0 Å². The number of carboxylic acid groups (broad SMARTS) is 1. The lowest BCUT2D eigenvalue weighted by molar-refractivity contribution is -0.254. The van der Waals surface area contributed by atoms with E-state index in [1.54, 1.807) is 12.1 Å². The number of allylic oxidation sites excluding steroid dienone is 2. The maximum atomic E-state index is 11.4. The van der Waals surface area contributed by atoms with Crippen LogP contribution in [-0.2, 0) is 0 Å². The molecule has 100 valence electrons. The number of aromatic nitrogens is 1. The number of hydrogen-bond acceptors (Lipinski definition) is 3. The van der Waals surface area contributed by atoms with Crippen LogP contribution in [0.4, 0.5) is 0 Å². The number of carboxylic acids is 1. The number of pyridine rings is 1. The van der Waals surface area contributed by atoms with E-state index in [2.05, 4.69) is 12.2 Å². The molecule has 2 aliphatic carbocycles. The number of hydrogen-bond donors (Lipinski definition) is 0. The molecule has 3 atom stereocenters. The number of benzene rings is 1. The molecule has 0 aliphatic heterocycles. The fraction of sp³-hybridized carbons (Fsp3) is 0.294. The van der Waals surface area contributed by atoms with Crippen molar-refractivity contribution in [1.82, 2.24) is 4.98 Å². The minimum atomic E-state index is -1.12. The summed E-state index contributed by atoms with van der Waals surface area (Å²) in [5, 5.41) is 12.1. The van der Waals surface area contributed by atoms with Crippen molar-refractivity contribution in [1.29, 1.82) is 0 Å². The summed E-state index contributed by atoms with van der Waals surface area (Å²) in [6.07, 6.45) is 6.80. The lowest BCUT2D eigenvalue weighted by Crippen LogP contribution is -2.23. The molecule has 0 radical (unpaired) electrons. The van der Waals surface area contributed by atoms with Crippen LogP contribution < -0.4 is 5.11 Å². The van der Waals surface area contributed by atoms with E-state index in [0.29, 0.717) is 23.1 Å². The molecule has 0 unspecified atom stereocenters. The van der Waals surface area contributed by atoms with E-state index in [1.165, 1.54) is 6.42 Å². The van der Waals surface area contributed by atoms with Gasteiger partial charge in [-0.05, 0) is 36.8 Å². The van der Waals surface area contributed by atoms with E-state index in [1.807, 2.05) is 18.2 Å². The van der Waals surface area contributed by atoms with Gasteiger partial charge in [-0.15, -0.1) is 0 Å². The highest BCUT2D eigenvalue weighted by Gasteiger charge is 2.37. The molecular formula is C17H14NO2-. The van der Waals surface area contributed by atoms with Crippen molar-refractivity contribution in [3.8, 4) is 0 Å². The maximum absolute atomic E-state index is 11.4. The average Bonchev–Trinajstić information content (AvgIpc) is 3.08. The molecule has 0 amide bonds. The Morgan fingerprint density at radius 3 is 2.75 bits per heavy atom. The van der Waals surface area contributed by atoms with Crippen LogP contribution in [-0.4, -0.2) is 11.0 Å². The van der Waals surface area contributed by atoms with Crippen molar-refractivity contribution in [2.75, 3.05) is 0 Å². The van der Waals surface area contributed by atoms with Gasteiger partial charge in [0, 0.05) is 22.6 Å². The molecular weight excluding hydrogens is 250 g/mol. The summed E-state index contributed by atoms with van der Waals surface area (Å²) in [5.41, 5.74) is 1.91. The smallest absolute Gasteiger partial charge is 0.0722 e. The molecule has 3 nitrogen and oxygen atoms in total. The van der Waals surface area contributed by atoms with E-state index >= 15 is 0 Å². The molecule has 4 rings (SSSR count). The Labute approximate surface area is 117 Å². The van der Waals surface area contributed by atoms with Gasteiger partial charge in [-0.1, -0.05) is 30.4 Å². The maximum Gasteiger partial charge on any atom is 0.0722 e. The number of carbonyl (C=O) groups is 1. The van der Waals surface area contributed by atoms with E-state index in [-0.39, 0.29) is 5.56 Å². The number of para-hydroxylation sites is 1. The Bertz CT molecular complexity index is 735. The molecule has 1 fully saturated rings. The fourth-order valence-electron chi connectivity index (χ4n) is 3.68. The van der Waals surface area contributed by atoms with Gasteiger partial charge in [0.15, 0.2) is 0 Å². The van der Waals surface area contributed by atoms with Crippen LogP contribution in [0.3, 0.4) is 0 Å². The number of rotatable bonds is 2. The fourth-order valence-corrected chi connectivity index (χ4v) is 3.68. The van der Waals surface area contributed by atoms with Crippen molar-refractivity contribution < 1.29 is 9.90 Å². The number of aromatic carboxylic acids is 1. The molecule has 1 heterocycles. The SMILES string of the molecule is O=C([O-])c1cc([C@@H]2C[C@@H]3C=C[C@H]2C3)nc2ccccc12. The Morgan fingerprint density at radius 1 is 1.20 bits per heavy atom. The standard InChI is InChI=1S/C17H15NO2/c19-17(20)14-9-16(13-8-10-5-6-11(13)7-10)18-15-4-2-1-3-12(14)15/h1-6,9-11,13H,7-8H2,(H,19,20)/p-1/t10-,11+,13-/m1/s1. The summed E-state index contributed by atoms with van der Waals surface area (Å²) in [5.74, 6) is 0.393. The average molecular weight is 264 g/mol. The number of carbonyl (C=O) groups excluding carboxylic acids is 1. The summed E-state index contributed by atoms with van der Waals surface area (Å²) < 4.78 is 0. The molecule has 0 saturated heterocycles. The third-order valence-corrected chi connectivity index (χ3v) is 4.61. The quantitative estimate of drug-likeness (QED) is 0.782. The molecule has 1 aromatic carbocycles. The van der Waals surface area contributed by atoms with Gasteiger partial charge >= 0.3 is 0 Å². The Kier molecular flexibility index (Phi) is 2.43. The van der Waals surface area contributed by atoms with Crippen LogP contribution in [0.2, 0.25) is 0 Å². The van der Waals surface area contributed by atoms with E-state index in [0.717, 1.165) is 17.6 Å². The second-order valence-electron chi connectivity index (χ2n) is 5.79. The van der Waals surface area contributed by atoms with Crippen LogP contribution in [0.5, 0.6) is 0 Å². The third kappa shape index (κ3) is 1.66. The molecule has 2 aliphatic rings. The second-order valence-corrected chi connectivity index (χ2v) is 5.79. The van der Waals surface area contributed by atoms with Gasteiger partial charge in [-0.25, -0.2) is 0 Å². The van der Waals surface area contributed by atoms with E-state index in [4.69, 9.17) is 4.98 Å². The first-order valence-corrected chi connectivity index (χ1v) is 7.02. The summed E-state index contributed by atoms with van der Waals surface area (Å²) in [6, 6.07) is 9.10. The lowest BCUT2D eigenvalue weighted by atomic mass is 9.89. The number of fused-ring (bicyclic) bond motifs is 3. The van der Waals surface area contributed by atoms with E-state index < -0.39 is 5.97 Å². The Balaban J connectivity index is 1.88. The third-order valence-electron chi connectivity index (χ3n) is 4.61. The summed E-state index contributed by atoms with van der Waals surface area (Å²) in [6.45, 7) is 0. The first-order valence-electron chi connectivity index (χ1n) is 7.02. The molecule has 20 heavy (non-hydrogen) atoms. The molecule has 0 N–H and O–H groups in total.